The maximum Gasteiger partial charge on any atom is 0.152 e. The molecule has 0 spiro atoms. The maximum atomic E-state index is 11.9. The molecule has 0 bridgehead atoms. The van der Waals surface area contributed by atoms with E-state index in [0.29, 0.717) is 0 Å². The third-order valence-electron chi connectivity index (χ3n) is 4.21. The number of benzene rings is 1. The molecule has 0 aliphatic carbocycles. The Kier molecular flexibility index (Phi) is 3.78. The number of carbonyl (C=O) groups is 1. The van der Waals surface area contributed by atoms with E-state index in [-0.39, 0.29) is 11.8 Å². The van der Waals surface area contributed by atoms with Crippen LogP contribution in [-0.4, -0.2) is 30.5 Å². The van der Waals surface area contributed by atoms with Crippen LogP contribution in [0.15, 0.2) is 30.5 Å². The van der Waals surface area contributed by atoms with Gasteiger partial charge in [0.25, 0.3) is 0 Å². The molecule has 2 heterocycles. The van der Waals surface area contributed by atoms with Crippen LogP contribution in [0.4, 0.5) is 5.82 Å². The van der Waals surface area contributed by atoms with Crippen LogP contribution >= 0.6 is 0 Å². The van der Waals surface area contributed by atoms with E-state index in [9.17, 15) is 4.79 Å². The number of hydrogen-bond acceptors (Lipinski definition) is 4. The molecule has 1 aromatic carbocycles. The summed E-state index contributed by atoms with van der Waals surface area (Å²) >= 11 is 0. The molecule has 4 heteroatoms. The molecule has 3 rings (SSSR count). The number of fused-ring (bicyclic) bond motifs is 1. The Morgan fingerprint density at radius 1 is 1.29 bits per heavy atom. The van der Waals surface area contributed by atoms with Crippen molar-refractivity contribution in [1.29, 1.82) is 0 Å². The first-order valence-electron chi connectivity index (χ1n) is 7.41. The van der Waals surface area contributed by atoms with Crippen LogP contribution < -0.4 is 9.64 Å². The zero-order chi connectivity index (χ0) is 14.8. The topological polar surface area (TPSA) is 42.4 Å². The largest absolute Gasteiger partial charge is 0.496 e. The summed E-state index contributed by atoms with van der Waals surface area (Å²) in [4.78, 5) is 18.7. The van der Waals surface area contributed by atoms with Crippen LogP contribution in [0.25, 0.3) is 10.8 Å². The van der Waals surface area contributed by atoms with E-state index in [0.717, 1.165) is 48.1 Å². The first-order valence-corrected chi connectivity index (χ1v) is 7.41. The van der Waals surface area contributed by atoms with Gasteiger partial charge < -0.3 is 9.64 Å². The van der Waals surface area contributed by atoms with Gasteiger partial charge in [0.1, 0.15) is 11.6 Å². The summed E-state index contributed by atoms with van der Waals surface area (Å²) in [6.45, 7) is 2.56. The fraction of sp³-hybridized carbons (Fsp3) is 0.412. The van der Waals surface area contributed by atoms with Crippen molar-refractivity contribution < 1.29 is 9.53 Å². The standard InChI is InChI=1S/C17H20N2O2/c1-12(20)15-7-3-4-11-19(15)17-14-6-5-8-16(21-2)13(14)9-10-18-17/h5-6,8-10,15H,3-4,7,11H2,1-2H3. The van der Waals surface area contributed by atoms with Crippen molar-refractivity contribution in [2.24, 2.45) is 0 Å². The first-order chi connectivity index (χ1) is 10.2. The summed E-state index contributed by atoms with van der Waals surface area (Å²) in [6, 6.07) is 7.88. The van der Waals surface area contributed by atoms with E-state index < -0.39 is 0 Å². The number of Topliss-reactive ketones (excluding diaryl/α,β-unsaturated/α-hetero) is 1. The second kappa shape index (κ2) is 5.72. The zero-order valence-corrected chi connectivity index (χ0v) is 12.5. The van der Waals surface area contributed by atoms with Gasteiger partial charge in [0.05, 0.1) is 13.2 Å². The highest BCUT2D eigenvalue weighted by molar-refractivity contribution is 5.98. The van der Waals surface area contributed by atoms with Gasteiger partial charge in [-0.25, -0.2) is 4.98 Å². The van der Waals surface area contributed by atoms with Gasteiger partial charge in [0, 0.05) is 23.5 Å². The second-order valence-corrected chi connectivity index (χ2v) is 5.51. The molecular weight excluding hydrogens is 264 g/mol. The molecule has 1 atom stereocenters. The fourth-order valence-electron chi connectivity index (χ4n) is 3.18. The number of rotatable bonds is 3. The molecule has 1 aliphatic rings. The molecule has 0 amide bonds. The minimum absolute atomic E-state index is 0.0527. The summed E-state index contributed by atoms with van der Waals surface area (Å²) in [5.41, 5.74) is 0. The minimum Gasteiger partial charge on any atom is -0.496 e. The molecule has 1 aromatic heterocycles. The molecule has 0 saturated carbocycles. The third kappa shape index (κ3) is 2.46. The molecular formula is C17H20N2O2. The van der Waals surface area contributed by atoms with Gasteiger partial charge in [-0.2, -0.15) is 0 Å². The highest BCUT2D eigenvalue weighted by atomic mass is 16.5. The number of methoxy groups -OCH3 is 1. The Labute approximate surface area is 124 Å². The molecule has 1 saturated heterocycles. The Hall–Kier alpha value is -2.10. The van der Waals surface area contributed by atoms with Crippen LogP contribution in [0.1, 0.15) is 26.2 Å². The summed E-state index contributed by atoms with van der Waals surface area (Å²) in [5, 5.41) is 2.09. The van der Waals surface area contributed by atoms with Crippen LogP contribution in [0.2, 0.25) is 0 Å². The highest BCUT2D eigenvalue weighted by Crippen LogP contribution is 2.33. The molecule has 21 heavy (non-hydrogen) atoms. The number of carbonyl (C=O) groups excluding carboxylic acids is 1. The Balaban J connectivity index is 2.13. The van der Waals surface area contributed by atoms with Crippen LogP contribution in [0.5, 0.6) is 5.75 Å². The summed E-state index contributed by atoms with van der Waals surface area (Å²) in [5.74, 6) is 1.95. The number of aromatic nitrogens is 1. The lowest BCUT2D eigenvalue weighted by Gasteiger charge is -2.35. The molecule has 2 aromatic rings. The maximum absolute atomic E-state index is 11.9. The van der Waals surface area contributed by atoms with Gasteiger partial charge >= 0.3 is 0 Å². The molecule has 1 unspecified atom stereocenters. The average Bonchev–Trinajstić information content (AvgIpc) is 2.53. The van der Waals surface area contributed by atoms with E-state index in [2.05, 4.69) is 9.88 Å². The normalized spacial score (nSPS) is 18.8. The van der Waals surface area contributed by atoms with Crippen molar-refractivity contribution in [3.05, 3.63) is 30.5 Å². The van der Waals surface area contributed by atoms with Gasteiger partial charge in [0.2, 0.25) is 0 Å². The number of anilines is 1. The minimum atomic E-state index is -0.0527. The molecule has 0 N–H and O–H groups in total. The highest BCUT2D eigenvalue weighted by Gasteiger charge is 2.28. The molecule has 1 aliphatic heterocycles. The van der Waals surface area contributed by atoms with E-state index in [4.69, 9.17) is 4.74 Å². The molecule has 110 valence electrons. The lowest BCUT2D eigenvalue weighted by atomic mass is 9.98. The second-order valence-electron chi connectivity index (χ2n) is 5.51. The number of ether oxygens (including phenoxy) is 1. The summed E-state index contributed by atoms with van der Waals surface area (Å²) in [6.07, 6.45) is 4.92. The monoisotopic (exact) mass is 284 g/mol. The SMILES string of the molecule is COc1cccc2c(N3CCCCC3C(C)=O)nccc12. The smallest absolute Gasteiger partial charge is 0.152 e. The van der Waals surface area contributed by atoms with E-state index >= 15 is 0 Å². The van der Waals surface area contributed by atoms with Crippen molar-refractivity contribution in [2.45, 2.75) is 32.2 Å². The summed E-state index contributed by atoms with van der Waals surface area (Å²) in [7, 11) is 1.67. The predicted octanol–water partition coefficient (Wildman–Crippen LogP) is 3.19. The number of piperidine rings is 1. The fourth-order valence-corrected chi connectivity index (χ4v) is 3.18. The van der Waals surface area contributed by atoms with Gasteiger partial charge in [-0.05, 0) is 38.3 Å². The lowest BCUT2D eigenvalue weighted by molar-refractivity contribution is -0.118. The Morgan fingerprint density at radius 2 is 2.14 bits per heavy atom. The quantitative estimate of drug-likeness (QED) is 0.868. The van der Waals surface area contributed by atoms with E-state index in [1.807, 2.05) is 24.3 Å². The van der Waals surface area contributed by atoms with Crippen molar-refractivity contribution in [2.75, 3.05) is 18.6 Å². The van der Waals surface area contributed by atoms with Crippen LogP contribution in [0, 0.1) is 0 Å². The zero-order valence-electron chi connectivity index (χ0n) is 12.5. The predicted molar refractivity (Wildman–Crippen MR) is 84.0 cm³/mol. The van der Waals surface area contributed by atoms with Gasteiger partial charge in [-0.15, -0.1) is 0 Å². The van der Waals surface area contributed by atoms with Crippen LogP contribution in [-0.2, 0) is 4.79 Å². The van der Waals surface area contributed by atoms with Crippen molar-refractivity contribution in [3.63, 3.8) is 0 Å². The van der Waals surface area contributed by atoms with Crippen molar-refractivity contribution >= 4 is 22.4 Å². The third-order valence-corrected chi connectivity index (χ3v) is 4.21. The van der Waals surface area contributed by atoms with Gasteiger partial charge in [0.15, 0.2) is 5.78 Å². The molecule has 4 nitrogen and oxygen atoms in total. The molecule has 0 radical (unpaired) electrons. The van der Waals surface area contributed by atoms with Crippen LogP contribution in [0.3, 0.4) is 0 Å². The van der Waals surface area contributed by atoms with Gasteiger partial charge in [-0.3, -0.25) is 4.79 Å². The van der Waals surface area contributed by atoms with E-state index in [1.165, 1.54) is 0 Å². The first kappa shape index (κ1) is 13.9. The van der Waals surface area contributed by atoms with Crippen molar-refractivity contribution in [3.8, 4) is 5.75 Å². The van der Waals surface area contributed by atoms with Gasteiger partial charge in [-0.1, -0.05) is 12.1 Å². The summed E-state index contributed by atoms with van der Waals surface area (Å²) < 4.78 is 5.43. The number of ketones is 1. The lowest BCUT2D eigenvalue weighted by Crippen LogP contribution is -2.44. The molecule has 1 fully saturated rings. The Bertz CT molecular complexity index is 669. The average molecular weight is 284 g/mol. The van der Waals surface area contributed by atoms with E-state index in [1.54, 1.807) is 20.2 Å². The number of pyridine rings is 1. The van der Waals surface area contributed by atoms with Crippen molar-refractivity contribution in [1.82, 2.24) is 4.98 Å². The number of hydrogen-bond donors (Lipinski definition) is 0. The Morgan fingerprint density at radius 3 is 2.90 bits per heavy atom. The number of nitrogens with zero attached hydrogens (tertiary/aromatic N) is 2.